The van der Waals surface area contributed by atoms with Crippen molar-refractivity contribution in [2.75, 3.05) is 0 Å². The second kappa shape index (κ2) is 10.9. The summed E-state index contributed by atoms with van der Waals surface area (Å²) in [4.78, 5) is 10.5. The number of halogens is 3. The van der Waals surface area contributed by atoms with E-state index in [4.69, 9.17) is 0 Å². The van der Waals surface area contributed by atoms with E-state index in [1.54, 1.807) is 0 Å². The molecule has 4 rings (SSSR count). The predicted molar refractivity (Wildman–Crippen MR) is 135 cm³/mol. The first-order valence-electron chi connectivity index (χ1n) is 11.6. The normalized spacial score (nSPS) is 13.6. The topological polar surface area (TPSA) is 75.4 Å². The lowest BCUT2D eigenvalue weighted by atomic mass is 9.76. The Bertz CT molecular complexity index is 1200. The van der Waals surface area contributed by atoms with Crippen molar-refractivity contribution >= 4 is 5.69 Å². The Kier molecular flexibility index (Phi) is 7.71. The van der Waals surface area contributed by atoms with Gasteiger partial charge in [-0.1, -0.05) is 103 Å². The Morgan fingerprint density at radius 2 is 1.14 bits per heavy atom. The Labute approximate surface area is 212 Å². The van der Waals surface area contributed by atoms with Crippen molar-refractivity contribution in [2.45, 2.75) is 30.3 Å². The molecule has 0 saturated carbocycles. The van der Waals surface area contributed by atoms with Crippen molar-refractivity contribution in [1.82, 2.24) is 5.32 Å². The molecular weight excluding hydrogens is 481 g/mol. The van der Waals surface area contributed by atoms with Crippen LogP contribution in [0.5, 0.6) is 0 Å². The third kappa shape index (κ3) is 5.71. The van der Waals surface area contributed by atoms with E-state index in [0.717, 1.165) is 0 Å². The summed E-state index contributed by atoms with van der Waals surface area (Å²) in [5.74, 6) is 0. The van der Waals surface area contributed by atoms with E-state index in [1.807, 2.05) is 91.0 Å². The maximum atomic E-state index is 14.0. The van der Waals surface area contributed by atoms with Gasteiger partial charge in [-0.05, 0) is 28.7 Å². The Balaban J connectivity index is 1.89. The minimum absolute atomic E-state index is 0.170. The number of nitrogens with zero attached hydrogens (tertiary/aromatic N) is 1. The Morgan fingerprint density at radius 3 is 1.49 bits per heavy atom. The number of aliphatic hydroxyl groups excluding tert-OH is 1. The van der Waals surface area contributed by atoms with Crippen LogP contribution in [0.15, 0.2) is 115 Å². The predicted octanol–water partition coefficient (Wildman–Crippen LogP) is 6.01. The molecule has 0 saturated heterocycles. The van der Waals surface area contributed by atoms with Gasteiger partial charge in [0.2, 0.25) is 0 Å². The number of hydrogen-bond acceptors (Lipinski definition) is 4. The number of hydrogen-bond donors (Lipinski definition) is 2. The van der Waals surface area contributed by atoms with Gasteiger partial charge in [0.1, 0.15) is 0 Å². The lowest BCUT2D eigenvalue weighted by molar-refractivity contribution is -0.384. The molecule has 190 valence electrons. The molecular formula is C29H25F3N2O3. The SMILES string of the molecule is O=[N+]([O-])c1ccc(CC(NC(c2ccccc2)(c2ccccc2)c2ccccc2)C(O)C(F)(F)F)cc1. The van der Waals surface area contributed by atoms with Gasteiger partial charge in [-0.3, -0.25) is 15.4 Å². The molecule has 5 nitrogen and oxygen atoms in total. The highest BCUT2D eigenvalue weighted by atomic mass is 19.4. The molecule has 0 bridgehead atoms. The molecule has 4 aromatic carbocycles. The fourth-order valence-corrected chi connectivity index (χ4v) is 4.57. The zero-order chi connectivity index (χ0) is 26.5. The van der Waals surface area contributed by atoms with E-state index in [2.05, 4.69) is 5.32 Å². The number of non-ortho nitro benzene ring substituents is 1. The monoisotopic (exact) mass is 506 g/mol. The van der Waals surface area contributed by atoms with Crippen molar-refractivity contribution in [1.29, 1.82) is 0 Å². The van der Waals surface area contributed by atoms with Crippen LogP contribution >= 0.6 is 0 Å². The van der Waals surface area contributed by atoms with E-state index in [1.165, 1.54) is 24.3 Å². The number of alkyl halides is 3. The minimum Gasteiger partial charge on any atom is -0.382 e. The first-order valence-corrected chi connectivity index (χ1v) is 11.6. The molecule has 0 fully saturated rings. The van der Waals surface area contributed by atoms with Crippen molar-refractivity contribution in [3.63, 3.8) is 0 Å². The molecule has 37 heavy (non-hydrogen) atoms. The smallest absolute Gasteiger partial charge is 0.382 e. The number of benzene rings is 4. The first kappa shape index (κ1) is 26.1. The largest absolute Gasteiger partial charge is 0.415 e. The maximum Gasteiger partial charge on any atom is 0.415 e. The van der Waals surface area contributed by atoms with E-state index >= 15 is 0 Å². The van der Waals surface area contributed by atoms with Crippen LogP contribution in [-0.2, 0) is 12.0 Å². The molecule has 0 aliphatic carbocycles. The third-order valence-corrected chi connectivity index (χ3v) is 6.34. The van der Waals surface area contributed by atoms with Crippen molar-refractivity contribution in [2.24, 2.45) is 0 Å². The van der Waals surface area contributed by atoms with Crippen LogP contribution in [0.25, 0.3) is 0 Å². The summed E-state index contributed by atoms with van der Waals surface area (Å²) in [6, 6.07) is 31.1. The highest BCUT2D eigenvalue weighted by molar-refractivity contribution is 5.50. The van der Waals surface area contributed by atoms with Crippen LogP contribution in [0.4, 0.5) is 18.9 Å². The molecule has 0 aliphatic rings. The quantitative estimate of drug-likeness (QED) is 0.166. The molecule has 0 aliphatic heterocycles. The van der Waals surface area contributed by atoms with Crippen LogP contribution in [0.1, 0.15) is 22.3 Å². The number of rotatable bonds is 9. The first-order chi connectivity index (χ1) is 17.7. The van der Waals surface area contributed by atoms with Gasteiger partial charge in [0, 0.05) is 18.2 Å². The highest BCUT2D eigenvalue weighted by Crippen LogP contribution is 2.39. The molecule has 2 atom stereocenters. The van der Waals surface area contributed by atoms with Crippen LogP contribution in [0.2, 0.25) is 0 Å². The summed E-state index contributed by atoms with van der Waals surface area (Å²) in [6.45, 7) is 0. The summed E-state index contributed by atoms with van der Waals surface area (Å²) in [6.07, 6.45) is -7.85. The average molecular weight is 507 g/mol. The Hall–Kier alpha value is -4.01. The standard InChI is InChI=1S/C29H25F3N2O3/c30-29(31,32)27(35)26(20-21-16-18-25(19-17-21)34(36)37)33-28(22-10-4-1-5-11-22,23-12-6-2-7-13-23)24-14-8-3-9-15-24/h1-19,26-27,33,35H,20H2. The number of aliphatic hydroxyl groups is 1. The van der Waals surface area contributed by atoms with Crippen LogP contribution < -0.4 is 5.32 Å². The number of nitro benzene ring substituents is 1. The minimum atomic E-state index is -4.91. The van der Waals surface area contributed by atoms with Gasteiger partial charge in [0.05, 0.1) is 10.5 Å². The summed E-state index contributed by atoms with van der Waals surface area (Å²) in [5.41, 5.74) is 1.06. The van der Waals surface area contributed by atoms with Crippen molar-refractivity contribution in [3.05, 3.63) is 148 Å². The molecule has 4 aromatic rings. The molecule has 0 amide bonds. The van der Waals surface area contributed by atoms with Gasteiger partial charge in [-0.15, -0.1) is 0 Å². The number of nitrogens with one attached hydrogen (secondary N) is 1. The van der Waals surface area contributed by atoms with E-state index in [0.29, 0.717) is 22.3 Å². The summed E-state index contributed by atoms with van der Waals surface area (Å²) < 4.78 is 41.9. The molecule has 2 N–H and O–H groups in total. The molecule has 0 aromatic heterocycles. The van der Waals surface area contributed by atoms with Gasteiger partial charge in [-0.25, -0.2) is 0 Å². The van der Waals surface area contributed by atoms with Gasteiger partial charge < -0.3 is 5.11 Å². The van der Waals surface area contributed by atoms with Gasteiger partial charge in [0.15, 0.2) is 6.10 Å². The van der Waals surface area contributed by atoms with Crippen LogP contribution in [0, 0.1) is 10.1 Å². The zero-order valence-corrected chi connectivity index (χ0v) is 19.7. The van der Waals surface area contributed by atoms with Crippen LogP contribution in [0.3, 0.4) is 0 Å². The van der Waals surface area contributed by atoms with Crippen LogP contribution in [-0.4, -0.2) is 28.4 Å². The van der Waals surface area contributed by atoms with E-state index in [9.17, 15) is 28.4 Å². The average Bonchev–Trinajstić information content (AvgIpc) is 2.92. The fourth-order valence-electron chi connectivity index (χ4n) is 4.57. The fraction of sp³-hybridized carbons (Fsp3) is 0.172. The lowest BCUT2D eigenvalue weighted by Gasteiger charge is -2.41. The van der Waals surface area contributed by atoms with Gasteiger partial charge >= 0.3 is 6.18 Å². The van der Waals surface area contributed by atoms with Gasteiger partial charge in [0.25, 0.3) is 5.69 Å². The van der Waals surface area contributed by atoms with Crippen molar-refractivity contribution < 1.29 is 23.2 Å². The molecule has 0 spiro atoms. The molecule has 0 radical (unpaired) electrons. The molecule has 0 heterocycles. The maximum absolute atomic E-state index is 14.0. The van der Waals surface area contributed by atoms with Crippen molar-refractivity contribution in [3.8, 4) is 0 Å². The van der Waals surface area contributed by atoms with E-state index in [-0.39, 0.29) is 12.1 Å². The van der Waals surface area contributed by atoms with E-state index < -0.39 is 28.8 Å². The Morgan fingerprint density at radius 1 is 0.730 bits per heavy atom. The second-order valence-electron chi connectivity index (χ2n) is 8.71. The third-order valence-electron chi connectivity index (χ3n) is 6.34. The molecule has 2 unspecified atom stereocenters. The summed E-state index contributed by atoms with van der Waals surface area (Å²) >= 11 is 0. The highest BCUT2D eigenvalue weighted by Gasteiger charge is 2.47. The lowest BCUT2D eigenvalue weighted by Crippen LogP contribution is -2.57. The summed E-state index contributed by atoms with van der Waals surface area (Å²) in [5, 5.41) is 24.8. The second-order valence-corrected chi connectivity index (χ2v) is 8.71. The molecule has 8 heteroatoms. The number of nitro groups is 1. The zero-order valence-electron chi connectivity index (χ0n) is 19.7. The van der Waals surface area contributed by atoms with Gasteiger partial charge in [-0.2, -0.15) is 13.2 Å². The summed E-state index contributed by atoms with van der Waals surface area (Å²) in [7, 11) is 0.